The number of halogens is 2. The Morgan fingerprint density at radius 1 is 1.24 bits per heavy atom. The van der Waals surface area contributed by atoms with E-state index in [2.05, 4.69) is 30.7 Å². The number of thiophene rings is 1. The van der Waals surface area contributed by atoms with Crippen molar-refractivity contribution in [2.75, 3.05) is 17.2 Å². The smallest absolute Gasteiger partial charge is 0.282 e. The maximum Gasteiger partial charge on any atom is 0.282 e. The second-order valence-electron chi connectivity index (χ2n) is 10.2. The number of nitrogens with zero attached hydrogens (tertiary/aromatic N) is 5. The van der Waals surface area contributed by atoms with E-state index in [4.69, 9.17) is 0 Å². The van der Waals surface area contributed by atoms with Crippen molar-refractivity contribution in [2.24, 2.45) is 18.9 Å². The molecule has 3 aliphatic carbocycles. The second kappa shape index (κ2) is 9.68. The summed E-state index contributed by atoms with van der Waals surface area (Å²) in [6, 6.07) is 1.08. The number of fused-ring (bicyclic) bond motifs is 1. The van der Waals surface area contributed by atoms with Gasteiger partial charge in [0.2, 0.25) is 21.9 Å². The van der Waals surface area contributed by atoms with E-state index in [-0.39, 0.29) is 28.5 Å². The third-order valence-electron chi connectivity index (χ3n) is 7.23. The van der Waals surface area contributed by atoms with Gasteiger partial charge in [-0.2, -0.15) is 5.10 Å². The Morgan fingerprint density at radius 2 is 2.03 bits per heavy atom. The molecular formula is C23H28F2N8O3S2. The highest BCUT2D eigenvalue weighted by Gasteiger charge is 2.37. The standard InChI is InChI=1S/C23H28F2N8O3S2/c1-32-18(9-16(31-32)20(24)25)28-23-30-26-11-33(23)14-6-7-17-15(8-14)19(38(35,36)27-10-12-2-3-12)22(37-17)29-21(34)13-4-5-13/h9,11-14,20,27H,2-8,10H2,1H3,(H,28,30)(H,29,34)/t14-/m0/s1. The summed E-state index contributed by atoms with van der Waals surface area (Å²) in [5, 5.41) is 18.3. The van der Waals surface area contributed by atoms with Crippen LogP contribution in [0.1, 0.15) is 60.7 Å². The van der Waals surface area contributed by atoms with E-state index in [9.17, 15) is 22.0 Å². The number of hydrogen-bond donors (Lipinski definition) is 3. The number of amides is 1. The van der Waals surface area contributed by atoms with E-state index in [1.807, 2.05) is 0 Å². The topological polar surface area (TPSA) is 136 Å². The van der Waals surface area contributed by atoms with Crippen LogP contribution in [0.15, 0.2) is 17.3 Å². The zero-order valence-electron chi connectivity index (χ0n) is 20.7. The van der Waals surface area contributed by atoms with Gasteiger partial charge in [-0.05, 0) is 56.4 Å². The molecule has 6 rings (SSSR count). The summed E-state index contributed by atoms with van der Waals surface area (Å²) in [5.41, 5.74) is 0.344. The van der Waals surface area contributed by atoms with Gasteiger partial charge in [0.15, 0.2) is 0 Å². The monoisotopic (exact) mass is 566 g/mol. The predicted molar refractivity (Wildman–Crippen MR) is 136 cm³/mol. The molecule has 3 heterocycles. The first-order valence-corrected chi connectivity index (χ1v) is 14.9. The highest BCUT2D eigenvalue weighted by Crippen LogP contribution is 2.45. The summed E-state index contributed by atoms with van der Waals surface area (Å²) in [6.07, 6.45) is 4.21. The Morgan fingerprint density at radius 3 is 2.71 bits per heavy atom. The lowest BCUT2D eigenvalue weighted by Gasteiger charge is -2.25. The fraction of sp³-hybridized carbons (Fsp3) is 0.565. The molecule has 3 aliphatic rings. The van der Waals surface area contributed by atoms with Gasteiger partial charge in [0.1, 0.15) is 27.7 Å². The van der Waals surface area contributed by atoms with E-state index in [0.29, 0.717) is 54.1 Å². The summed E-state index contributed by atoms with van der Waals surface area (Å²) >= 11 is 1.34. The van der Waals surface area contributed by atoms with Gasteiger partial charge in [0.05, 0.1) is 0 Å². The van der Waals surface area contributed by atoms with Gasteiger partial charge in [-0.25, -0.2) is 21.9 Å². The Kier molecular flexibility index (Phi) is 6.46. The van der Waals surface area contributed by atoms with Crippen molar-refractivity contribution in [1.29, 1.82) is 0 Å². The first kappa shape index (κ1) is 25.4. The van der Waals surface area contributed by atoms with Crippen LogP contribution in [0.2, 0.25) is 0 Å². The van der Waals surface area contributed by atoms with E-state index in [0.717, 1.165) is 30.6 Å². The predicted octanol–water partition coefficient (Wildman–Crippen LogP) is 3.52. The van der Waals surface area contributed by atoms with E-state index < -0.39 is 16.4 Å². The number of rotatable bonds is 10. The molecule has 204 valence electrons. The number of nitrogens with one attached hydrogen (secondary N) is 3. The summed E-state index contributed by atoms with van der Waals surface area (Å²) in [4.78, 5) is 13.7. The Hall–Kier alpha value is -2.91. The summed E-state index contributed by atoms with van der Waals surface area (Å²) in [7, 11) is -2.30. The van der Waals surface area contributed by atoms with Crippen LogP contribution in [0, 0.1) is 11.8 Å². The Bertz CT molecular complexity index is 1470. The van der Waals surface area contributed by atoms with Gasteiger partial charge in [-0.3, -0.25) is 14.0 Å². The lowest BCUT2D eigenvalue weighted by atomic mass is 9.94. The maximum atomic E-state index is 13.5. The number of hydrogen-bond acceptors (Lipinski definition) is 8. The molecule has 3 aromatic heterocycles. The molecule has 0 radical (unpaired) electrons. The molecule has 0 unspecified atom stereocenters. The van der Waals surface area contributed by atoms with Crippen molar-refractivity contribution in [1.82, 2.24) is 29.3 Å². The molecule has 11 nitrogen and oxygen atoms in total. The Balaban J connectivity index is 1.29. The molecule has 1 atom stereocenters. The number of aryl methyl sites for hydroxylation is 2. The molecule has 0 aliphatic heterocycles. The van der Waals surface area contributed by atoms with Gasteiger partial charge in [-0.15, -0.1) is 21.5 Å². The highest BCUT2D eigenvalue weighted by atomic mass is 32.2. The van der Waals surface area contributed by atoms with Gasteiger partial charge in [-0.1, -0.05) is 0 Å². The molecule has 0 bridgehead atoms. The summed E-state index contributed by atoms with van der Waals surface area (Å²) in [6.45, 7) is 0.386. The third-order valence-corrected chi connectivity index (χ3v) is 10.1. The van der Waals surface area contributed by atoms with Crippen molar-refractivity contribution in [3.8, 4) is 0 Å². The molecule has 2 fully saturated rings. The van der Waals surface area contributed by atoms with Crippen LogP contribution in [-0.2, 0) is 34.7 Å². The zero-order chi connectivity index (χ0) is 26.6. The molecule has 1 amide bonds. The molecular weight excluding hydrogens is 538 g/mol. The quantitative estimate of drug-likeness (QED) is 0.342. The maximum absolute atomic E-state index is 13.5. The number of aromatic nitrogens is 5. The van der Waals surface area contributed by atoms with Gasteiger partial charge >= 0.3 is 0 Å². The molecule has 0 spiro atoms. The normalized spacial score (nSPS) is 19.5. The van der Waals surface area contributed by atoms with Crippen LogP contribution < -0.4 is 15.4 Å². The van der Waals surface area contributed by atoms with E-state index in [1.165, 1.54) is 22.1 Å². The molecule has 2 saturated carbocycles. The number of alkyl halides is 2. The first-order valence-electron chi connectivity index (χ1n) is 12.6. The molecule has 38 heavy (non-hydrogen) atoms. The van der Waals surface area contributed by atoms with Crippen LogP contribution in [-0.4, -0.2) is 45.4 Å². The van der Waals surface area contributed by atoms with Crippen LogP contribution in [0.5, 0.6) is 0 Å². The van der Waals surface area contributed by atoms with Gasteiger partial charge in [0.25, 0.3) is 6.43 Å². The van der Waals surface area contributed by atoms with Crippen LogP contribution in [0.4, 0.5) is 25.5 Å². The second-order valence-corrected chi connectivity index (χ2v) is 13.0. The lowest BCUT2D eigenvalue weighted by molar-refractivity contribution is -0.117. The minimum absolute atomic E-state index is 0.0555. The van der Waals surface area contributed by atoms with Crippen LogP contribution >= 0.6 is 11.3 Å². The van der Waals surface area contributed by atoms with Crippen LogP contribution in [0.3, 0.4) is 0 Å². The van der Waals surface area contributed by atoms with Gasteiger partial charge in [0, 0.05) is 36.5 Å². The minimum Gasteiger partial charge on any atom is -0.316 e. The van der Waals surface area contributed by atoms with Crippen molar-refractivity contribution in [3.63, 3.8) is 0 Å². The van der Waals surface area contributed by atoms with Crippen LogP contribution in [0.25, 0.3) is 0 Å². The zero-order valence-corrected chi connectivity index (χ0v) is 22.3. The van der Waals surface area contributed by atoms with Crippen molar-refractivity contribution >= 4 is 44.0 Å². The average molecular weight is 567 g/mol. The third kappa shape index (κ3) is 5.06. The number of carbonyl (C=O) groups excluding carboxylic acids is 1. The largest absolute Gasteiger partial charge is 0.316 e. The van der Waals surface area contributed by atoms with E-state index >= 15 is 0 Å². The number of carbonyl (C=O) groups is 1. The first-order chi connectivity index (χ1) is 18.2. The Labute approximate surface area is 222 Å². The molecule has 0 saturated heterocycles. The fourth-order valence-corrected chi connectivity index (χ4v) is 7.84. The van der Waals surface area contributed by atoms with Crippen molar-refractivity contribution in [2.45, 2.75) is 62.3 Å². The lowest BCUT2D eigenvalue weighted by Crippen LogP contribution is -2.28. The number of anilines is 3. The molecule has 15 heteroatoms. The van der Waals surface area contributed by atoms with Gasteiger partial charge < -0.3 is 10.6 Å². The van der Waals surface area contributed by atoms with Crippen molar-refractivity contribution < 1.29 is 22.0 Å². The minimum atomic E-state index is -3.85. The summed E-state index contributed by atoms with van der Waals surface area (Å²) < 4.78 is 59.1. The van der Waals surface area contributed by atoms with Crippen molar-refractivity contribution in [3.05, 3.63) is 28.5 Å². The average Bonchev–Trinajstić information content (AvgIpc) is 3.78. The molecule has 3 N–H and O–H groups in total. The number of sulfonamides is 1. The summed E-state index contributed by atoms with van der Waals surface area (Å²) in [5.74, 6) is 0.846. The highest BCUT2D eigenvalue weighted by molar-refractivity contribution is 7.90. The SMILES string of the molecule is Cn1nc(C(F)F)cc1Nc1nncn1[C@H]1CCc2sc(NC(=O)C3CC3)c(S(=O)(=O)NCC3CC3)c2C1. The molecule has 3 aromatic rings. The van der Waals surface area contributed by atoms with E-state index in [1.54, 1.807) is 17.9 Å². The molecule has 0 aromatic carbocycles. The fourth-order valence-electron chi connectivity index (χ4n) is 4.75.